The van der Waals surface area contributed by atoms with Gasteiger partial charge in [0.1, 0.15) is 5.54 Å². The van der Waals surface area contributed by atoms with Gasteiger partial charge in [0.25, 0.3) is 0 Å². The second-order valence-electron chi connectivity index (χ2n) is 4.01. The van der Waals surface area contributed by atoms with Crippen LogP contribution >= 0.6 is 0 Å². The Bertz CT molecular complexity index is 205. The fraction of sp³-hybridized carbons (Fsp3) is 0.875. The lowest BCUT2D eigenvalue weighted by molar-refractivity contribution is -0.144. The molecule has 0 saturated carbocycles. The predicted molar refractivity (Wildman–Crippen MR) is 43.7 cm³/mol. The number of carboxylic acids is 1. The van der Waals surface area contributed by atoms with Crippen LogP contribution < -0.4 is 11.1 Å². The second kappa shape index (κ2) is 2.44. The van der Waals surface area contributed by atoms with Gasteiger partial charge >= 0.3 is 5.97 Å². The molecule has 2 saturated heterocycles. The van der Waals surface area contributed by atoms with E-state index in [-0.39, 0.29) is 0 Å². The standard InChI is InChI=1S/C8H14N2O2/c9-8(7(11)12)3-5-1-2-6(4-8)10-5/h5-6,10H,1-4,9H2,(H,11,12). The van der Waals surface area contributed by atoms with Crippen LogP contribution in [0.5, 0.6) is 0 Å². The van der Waals surface area contributed by atoms with Gasteiger partial charge in [-0.15, -0.1) is 0 Å². The van der Waals surface area contributed by atoms with E-state index in [1.807, 2.05) is 0 Å². The molecule has 0 aromatic rings. The molecule has 0 aromatic heterocycles. The Morgan fingerprint density at radius 1 is 1.42 bits per heavy atom. The average Bonchev–Trinajstić information content (AvgIpc) is 2.30. The highest BCUT2D eigenvalue weighted by Crippen LogP contribution is 2.32. The van der Waals surface area contributed by atoms with E-state index < -0.39 is 11.5 Å². The molecule has 2 fully saturated rings. The summed E-state index contributed by atoms with van der Waals surface area (Å²) in [5.41, 5.74) is 4.82. The maximum Gasteiger partial charge on any atom is 0.323 e. The zero-order chi connectivity index (χ0) is 8.77. The van der Waals surface area contributed by atoms with Crippen molar-refractivity contribution in [3.05, 3.63) is 0 Å². The quantitative estimate of drug-likeness (QED) is 0.504. The number of nitrogens with one attached hydrogen (secondary N) is 1. The lowest BCUT2D eigenvalue weighted by atomic mass is 9.85. The van der Waals surface area contributed by atoms with Gasteiger partial charge in [0, 0.05) is 12.1 Å². The van der Waals surface area contributed by atoms with E-state index in [1.54, 1.807) is 0 Å². The molecule has 0 aromatic carbocycles. The molecule has 2 unspecified atom stereocenters. The van der Waals surface area contributed by atoms with Gasteiger partial charge in [-0.1, -0.05) is 0 Å². The molecule has 12 heavy (non-hydrogen) atoms. The van der Waals surface area contributed by atoms with Crippen molar-refractivity contribution in [2.24, 2.45) is 5.73 Å². The van der Waals surface area contributed by atoms with Crippen LogP contribution in [0.3, 0.4) is 0 Å². The van der Waals surface area contributed by atoms with Crippen LogP contribution in [0.25, 0.3) is 0 Å². The van der Waals surface area contributed by atoms with Gasteiger partial charge in [0.15, 0.2) is 0 Å². The summed E-state index contributed by atoms with van der Waals surface area (Å²) >= 11 is 0. The number of hydrogen-bond donors (Lipinski definition) is 3. The Balaban J connectivity index is 2.15. The highest BCUT2D eigenvalue weighted by molar-refractivity contribution is 5.78. The summed E-state index contributed by atoms with van der Waals surface area (Å²) in [6, 6.07) is 0.676. The van der Waals surface area contributed by atoms with Gasteiger partial charge < -0.3 is 16.2 Å². The summed E-state index contributed by atoms with van der Waals surface area (Å²) in [5.74, 6) is -0.846. The minimum atomic E-state index is -0.961. The van der Waals surface area contributed by atoms with Crippen LogP contribution in [-0.4, -0.2) is 28.7 Å². The molecular weight excluding hydrogens is 156 g/mol. The number of carbonyl (C=O) groups is 1. The van der Waals surface area contributed by atoms with Gasteiger partial charge in [0.2, 0.25) is 0 Å². The summed E-state index contributed by atoms with van der Waals surface area (Å²) in [6.45, 7) is 0. The molecule has 4 nitrogen and oxygen atoms in total. The monoisotopic (exact) mass is 170 g/mol. The fourth-order valence-corrected chi connectivity index (χ4v) is 2.36. The van der Waals surface area contributed by atoms with E-state index in [4.69, 9.17) is 10.8 Å². The third kappa shape index (κ3) is 1.11. The molecule has 2 atom stereocenters. The third-order valence-electron chi connectivity index (χ3n) is 2.98. The number of carboxylic acid groups (broad SMARTS) is 1. The van der Waals surface area contributed by atoms with Gasteiger partial charge in [-0.2, -0.15) is 0 Å². The van der Waals surface area contributed by atoms with Crippen LogP contribution in [-0.2, 0) is 4.79 Å². The van der Waals surface area contributed by atoms with Crippen molar-refractivity contribution in [3.63, 3.8) is 0 Å². The van der Waals surface area contributed by atoms with Gasteiger partial charge in [-0.05, 0) is 25.7 Å². The number of hydrogen-bond acceptors (Lipinski definition) is 3. The molecule has 2 heterocycles. The Kier molecular flexibility index (Phi) is 1.63. The normalized spacial score (nSPS) is 46.1. The van der Waals surface area contributed by atoms with Crippen molar-refractivity contribution in [2.45, 2.75) is 43.3 Å². The minimum absolute atomic E-state index is 0.338. The van der Waals surface area contributed by atoms with E-state index >= 15 is 0 Å². The Hall–Kier alpha value is -0.610. The molecule has 0 amide bonds. The predicted octanol–water partition coefficient (Wildman–Crippen LogP) is -0.317. The van der Waals surface area contributed by atoms with Crippen molar-refractivity contribution < 1.29 is 9.90 Å². The van der Waals surface area contributed by atoms with E-state index in [0.29, 0.717) is 24.9 Å². The third-order valence-corrected chi connectivity index (χ3v) is 2.98. The first-order valence-corrected chi connectivity index (χ1v) is 4.38. The van der Waals surface area contributed by atoms with Crippen LogP contribution in [0.4, 0.5) is 0 Å². The van der Waals surface area contributed by atoms with E-state index in [0.717, 1.165) is 12.8 Å². The van der Waals surface area contributed by atoms with Gasteiger partial charge in [0.05, 0.1) is 0 Å². The molecule has 2 rings (SSSR count). The molecule has 68 valence electrons. The topological polar surface area (TPSA) is 75.4 Å². The lowest BCUT2D eigenvalue weighted by Crippen LogP contribution is -2.58. The largest absolute Gasteiger partial charge is 0.480 e. The average molecular weight is 170 g/mol. The fourth-order valence-electron chi connectivity index (χ4n) is 2.36. The molecular formula is C8H14N2O2. The van der Waals surface area contributed by atoms with Crippen molar-refractivity contribution in [1.82, 2.24) is 5.32 Å². The number of piperidine rings is 1. The highest BCUT2D eigenvalue weighted by Gasteiger charge is 2.45. The van der Waals surface area contributed by atoms with E-state index in [9.17, 15) is 4.79 Å². The van der Waals surface area contributed by atoms with Crippen molar-refractivity contribution in [1.29, 1.82) is 0 Å². The first-order valence-electron chi connectivity index (χ1n) is 4.38. The van der Waals surface area contributed by atoms with Gasteiger partial charge in [-0.25, -0.2) is 0 Å². The van der Waals surface area contributed by atoms with E-state index in [1.165, 1.54) is 0 Å². The summed E-state index contributed by atoms with van der Waals surface area (Å²) in [6.07, 6.45) is 3.32. The van der Waals surface area contributed by atoms with Crippen LogP contribution in [0, 0.1) is 0 Å². The number of rotatable bonds is 1. The Labute approximate surface area is 71.1 Å². The van der Waals surface area contributed by atoms with Crippen molar-refractivity contribution in [3.8, 4) is 0 Å². The lowest BCUT2D eigenvalue weighted by Gasteiger charge is -2.34. The van der Waals surface area contributed by atoms with Crippen molar-refractivity contribution >= 4 is 5.97 Å². The van der Waals surface area contributed by atoms with Crippen LogP contribution in [0.1, 0.15) is 25.7 Å². The summed E-state index contributed by atoms with van der Waals surface area (Å²) in [7, 11) is 0. The molecule has 0 aliphatic carbocycles. The first-order chi connectivity index (χ1) is 5.60. The first kappa shape index (κ1) is 8.01. The van der Waals surface area contributed by atoms with Crippen LogP contribution in [0.15, 0.2) is 0 Å². The number of nitrogens with two attached hydrogens (primary N) is 1. The highest BCUT2D eigenvalue weighted by atomic mass is 16.4. The minimum Gasteiger partial charge on any atom is -0.480 e. The molecule has 2 bridgehead atoms. The Morgan fingerprint density at radius 2 is 1.92 bits per heavy atom. The zero-order valence-corrected chi connectivity index (χ0v) is 6.92. The Morgan fingerprint density at radius 3 is 2.33 bits per heavy atom. The van der Waals surface area contributed by atoms with Crippen molar-refractivity contribution in [2.75, 3.05) is 0 Å². The SMILES string of the molecule is NC1(C(=O)O)CC2CCC(C1)N2. The zero-order valence-electron chi connectivity index (χ0n) is 6.92. The molecule has 0 spiro atoms. The second-order valence-corrected chi connectivity index (χ2v) is 4.01. The number of fused-ring (bicyclic) bond motifs is 2. The smallest absolute Gasteiger partial charge is 0.323 e. The summed E-state index contributed by atoms with van der Waals surface area (Å²) in [4.78, 5) is 10.8. The maximum atomic E-state index is 10.8. The van der Waals surface area contributed by atoms with E-state index in [2.05, 4.69) is 5.32 Å². The summed E-state index contributed by atoms with van der Waals surface area (Å²) < 4.78 is 0. The molecule has 2 aliphatic heterocycles. The molecule has 0 radical (unpaired) electrons. The van der Waals surface area contributed by atoms with Crippen LogP contribution in [0.2, 0.25) is 0 Å². The van der Waals surface area contributed by atoms with Gasteiger partial charge in [-0.3, -0.25) is 4.79 Å². The summed E-state index contributed by atoms with van der Waals surface area (Å²) in [5, 5.41) is 12.3. The maximum absolute atomic E-state index is 10.8. The number of aliphatic carboxylic acids is 1. The molecule has 4 N–H and O–H groups in total. The molecule has 4 heteroatoms. The molecule has 2 aliphatic rings.